The standard InChI is InChI=1S/C14H15F2NO2/c15-14(16)9-13(14)6-11(7-13)17-12(18)19-8-10-4-2-1-3-5-10/h1-5,11H,6-9H2,(H,17,18). The van der Waals surface area contributed by atoms with Crippen LogP contribution in [0.4, 0.5) is 13.6 Å². The Kier molecular flexibility index (Phi) is 2.73. The molecule has 0 unspecified atom stereocenters. The number of ether oxygens (including phenoxy) is 1. The average Bonchev–Trinajstić information content (AvgIpc) is 2.91. The third-order valence-corrected chi connectivity index (χ3v) is 4.02. The Morgan fingerprint density at radius 1 is 1.32 bits per heavy atom. The van der Waals surface area contributed by atoms with E-state index in [2.05, 4.69) is 5.32 Å². The molecule has 5 heteroatoms. The minimum absolute atomic E-state index is 0.0305. The van der Waals surface area contributed by atoms with Crippen LogP contribution in [0.1, 0.15) is 24.8 Å². The van der Waals surface area contributed by atoms with E-state index in [4.69, 9.17) is 4.74 Å². The lowest BCUT2D eigenvalue weighted by molar-refractivity contribution is 0.0130. The van der Waals surface area contributed by atoms with E-state index in [0.29, 0.717) is 12.8 Å². The van der Waals surface area contributed by atoms with E-state index in [9.17, 15) is 13.6 Å². The molecule has 3 nitrogen and oxygen atoms in total. The summed E-state index contributed by atoms with van der Waals surface area (Å²) in [5, 5.41) is 2.63. The maximum absolute atomic E-state index is 13.0. The van der Waals surface area contributed by atoms with Crippen LogP contribution in [-0.4, -0.2) is 18.1 Å². The first-order chi connectivity index (χ1) is 9.01. The van der Waals surface area contributed by atoms with Crippen LogP contribution in [0.3, 0.4) is 0 Å². The Morgan fingerprint density at radius 3 is 2.53 bits per heavy atom. The third-order valence-electron chi connectivity index (χ3n) is 4.02. The summed E-state index contributed by atoms with van der Waals surface area (Å²) in [5.74, 6) is -2.51. The van der Waals surface area contributed by atoms with Gasteiger partial charge in [-0.2, -0.15) is 0 Å². The molecule has 1 amide bonds. The van der Waals surface area contributed by atoms with Crippen molar-refractivity contribution in [1.82, 2.24) is 5.32 Å². The second-order valence-electron chi connectivity index (χ2n) is 5.47. The van der Waals surface area contributed by atoms with E-state index >= 15 is 0 Å². The molecule has 2 saturated carbocycles. The van der Waals surface area contributed by atoms with Crippen LogP contribution < -0.4 is 5.32 Å². The van der Waals surface area contributed by atoms with Gasteiger partial charge in [0.05, 0.1) is 0 Å². The lowest BCUT2D eigenvalue weighted by Crippen LogP contribution is -2.47. The van der Waals surface area contributed by atoms with Crippen LogP contribution in [-0.2, 0) is 11.3 Å². The smallest absolute Gasteiger partial charge is 0.407 e. The fraction of sp³-hybridized carbons (Fsp3) is 0.500. The van der Waals surface area contributed by atoms with E-state index in [1.165, 1.54) is 0 Å². The van der Waals surface area contributed by atoms with Crippen molar-refractivity contribution in [1.29, 1.82) is 0 Å². The second-order valence-corrected chi connectivity index (χ2v) is 5.47. The number of alkyl halides is 2. The number of amides is 1. The molecule has 0 atom stereocenters. The van der Waals surface area contributed by atoms with E-state index in [-0.39, 0.29) is 19.1 Å². The van der Waals surface area contributed by atoms with Crippen LogP contribution >= 0.6 is 0 Å². The molecule has 2 fully saturated rings. The molecule has 1 spiro atoms. The first kappa shape index (κ1) is 12.4. The molecular formula is C14H15F2NO2. The predicted octanol–water partition coefficient (Wildman–Crippen LogP) is 3.10. The molecule has 1 aromatic carbocycles. The highest BCUT2D eigenvalue weighted by atomic mass is 19.3. The van der Waals surface area contributed by atoms with Crippen molar-refractivity contribution in [3.63, 3.8) is 0 Å². The van der Waals surface area contributed by atoms with E-state index < -0.39 is 17.4 Å². The minimum Gasteiger partial charge on any atom is -0.445 e. The predicted molar refractivity (Wildman–Crippen MR) is 64.8 cm³/mol. The van der Waals surface area contributed by atoms with Crippen LogP contribution in [0, 0.1) is 5.41 Å². The number of halogens is 2. The quantitative estimate of drug-likeness (QED) is 0.913. The van der Waals surface area contributed by atoms with Gasteiger partial charge in [0.2, 0.25) is 0 Å². The number of carbonyl (C=O) groups excluding carboxylic acids is 1. The van der Waals surface area contributed by atoms with Gasteiger partial charge >= 0.3 is 6.09 Å². The van der Waals surface area contributed by atoms with E-state index in [1.54, 1.807) is 0 Å². The molecule has 0 bridgehead atoms. The highest BCUT2D eigenvalue weighted by Gasteiger charge is 2.75. The van der Waals surface area contributed by atoms with Crippen molar-refractivity contribution >= 4 is 6.09 Å². The van der Waals surface area contributed by atoms with Crippen LogP contribution in [0.2, 0.25) is 0 Å². The molecule has 1 N–H and O–H groups in total. The summed E-state index contributed by atoms with van der Waals surface area (Å²) in [6, 6.07) is 9.15. The largest absolute Gasteiger partial charge is 0.445 e. The Labute approximate surface area is 109 Å². The van der Waals surface area contributed by atoms with Crippen LogP contribution in [0.15, 0.2) is 30.3 Å². The summed E-state index contributed by atoms with van der Waals surface area (Å²) in [7, 11) is 0. The van der Waals surface area contributed by atoms with Crippen molar-refractivity contribution < 1.29 is 18.3 Å². The molecule has 0 saturated heterocycles. The zero-order chi connectivity index (χ0) is 13.5. The summed E-state index contributed by atoms with van der Waals surface area (Å²) in [4.78, 5) is 11.5. The molecule has 0 heterocycles. The van der Waals surface area contributed by atoms with Crippen molar-refractivity contribution in [2.24, 2.45) is 5.41 Å². The Balaban J connectivity index is 1.39. The van der Waals surface area contributed by atoms with Gasteiger partial charge in [0, 0.05) is 17.9 Å². The molecular weight excluding hydrogens is 252 g/mol. The van der Waals surface area contributed by atoms with Gasteiger partial charge < -0.3 is 10.1 Å². The first-order valence-corrected chi connectivity index (χ1v) is 6.36. The lowest BCUT2D eigenvalue weighted by Gasteiger charge is -2.35. The van der Waals surface area contributed by atoms with Gasteiger partial charge in [0.1, 0.15) is 6.61 Å². The van der Waals surface area contributed by atoms with Gasteiger partial charge in [-0.1, -0.05) is 30.3 Å². The topological polar surface area (TPSA) is 38.3 Å². The number of benzene rings is 1. The molecule has 2 aliphatic carbocycles. The molecule has 0 aromatic heterocycles. The minimum atomic E-state index is -2.51. The van der Waals surface area contributed by atoms with Crippen molar-refractivity contribution in [2.45, 2.75) is 37.8 Å². The fourth-order valence-corrected chi connectivity index (χ4v) is 2.74. The number of rotatable bonds is 3. The Morgan fingerprint density at radius 2 is 1.95 bits per heavy atom. The molecule has 19 heavy (non-hydrogen) atoms. The maximum Gasteiger partial charge on any atom is 0.407 e. The first-order valence-electron chi connectivity index (χ1n) is 6.36. The molecule has 3 rings (SSSR count). The molecule has 102 valence electrons. The van der Waals surface area contributed by atoms with Gasteiger partial charge in [-0.3, -0.25) is 0 Å². The number of nitrogens with one attached hydrogen (secondary N) is 1. The zero-order valence-electron chi connectivity index (χ0n) is 10.4. The summed E-state index contributed by atoms with van der Waals surface area (Å²) >= 11 is 0. The zero-order valence-corrected chi connectivity index (χ0v) is 10.4. The number of carbonyl (C=O) groups is 1. The molecule has 2 aliphatic rings. The molecule has 0 radical (unpaired) electrons. The molecule has 0 aliphatic heterocycles. The Hall–Kier alpha value is -1.65. The van der Waals surface area contributed by atoms with Gasteiger partial charge in [-0.05, 0) is 18.4 Å². The van der Waals surface area contributed by atoms with Gasteiger partial charge in [-0.15, -0.1) is 0 Å². The van der Waals surface area contributed by atoms with Crippen LogP contribution in [0.5, 0.6) is 0 Å². The molecule has 1 aromatic rings. The number of hydrogen-bond acceptors (Lipinski definition) is 2. The van der Waals surface area contributed by atoms with Crippen molar-refractivity contribution in [2.75, 3.05) is 0 Å². The fourth-order valence-electron chi connectivity index (χ4n) is 2.74. The number of alkyl carbamates (subject to hydrolysis) is 1. The van der Waals surface area contributed by atoms with Crippen LogP contribution in [0.25, 0.3) is 0 Å². The summed E-state index contributed by atoms with van der Waals surface area (Å²) in [6.07, 6.45) is 0.158. The third kappa shape index (κ3) is 2.29. The van der Waals surface area contributed by atoms with Crippen molar-refractivity contribution in [3.05, 3.63) is 35.9 Å². The van der Waals surface area contributed by atoms with Gasteiger partial charge in [0.25, 0.3) is 5.92 Å². The van der Waals surface area contributed by atoms with E-state index in [1.807, 2.05) is 30.3 Å². The number of hydrogen-bond donors (Lipinski definition) is 1. The second kappa shape index (κ2) is 4.18. The highest BCUT2D eigenvalue weighted by Crippen LogP contribution is 2.70. The summed E-state index contributed by atoms with van der Waals surface area (Å²) < 4.78 is 31.0. The van der Waals surface area contributed by atoms with Crippen molar-refractivity contribution in [3.8, 4) is 0 Å². The van der Waals surface area contributed by atoms with E-state index in [0.717, 1.165) is 5.56 Å². The maximum atomic E-state index is 13.0. The monoisotopic (exact) mass is 267 g/mol. The Bertz CT molecular complexity index is 483. The summed E-state index contributed by atoms with van der Waals surface area (Å²) in [5.41, 5.74) is 0.0844. The SMILES string of the molecule is O=C(NC1CC2(C1)CC2(F)F)OCc1ccccc1. The summed E-state index contributed by atoms with van der Waals surface area (Å²) in [6.45, 7) is 0.195. The van der Waals surface area contributed by atoms with Gasteiger partial charge in [-0.25, -0.2) is 13.6 Å². The lowest BCUT2D eigenvalue weighted by atomic mass is 9.76. The highest BCUT2D eigenvalue weighted by molar-refractivity contribution is 5.67. The normalized spacial score (nSPS) is 30.5. The average molecular weight is 267 g/mol. The van der Waals surface area contributed by atoms with Gasteiger partial charge in [0.15, 0.2) is 0 Å².